The highest BCUT2D eigenvalue weighted by Gasteiger charge is 2.26. The summed E-state index contributed by atoms with van der Waals surface area (Å²) >= 11 is 6.06. The number of nitrogens with zero attached hydrogens (tertiary/aromatic N) is 1. The largest absolute Gasteiger partial charge is 0.415 e. The smallest absolute Gasteiger partial charge is 0.410 e. The van der Waals surface area contributed by atoms with Gasteiger partial charge in [-0.2, -0.15) is 0 Å². The van der Waals surface area contributed by atoms with Crippen LogP contribution in [0.5, 0.6) is 5.75 Å². The highest BCUT2D eigenvalue weighted by atomic mass is 35.5. The molecule has 1 N–H and O–H groups in total. The van der Waals surface area contributed by atoms with Crippen LogP contribution in [0, 0.1) is 0 Å². The van der Waals surface area contributed by atoms with Crippen LogP contribution in [0.4, 0.5) is 4.79 Å². The van der Waals surface area contributed by atoms with Crippen molar-refractivity contribution in [1.82, 2.24) is 9.88 Å². The number of halogens is 1. The summed E-state index contributed by atoms with van der Waals surface area (Å²) in [7, 11) is 0. The van der Waals surface area contributed by atoms with E-state index in [-0.39, 0.29) is 6.09 Å². The van der Waals surface area contributed by atoms with Gasteiger partial charge in [-0.05, 0) is 49.2 Å². The molecule has 1 aromatic heterocycles. The molecule has 0 unspecified atom stereocenters. The number of aromatic nitrogens is 1. The zero-order chi connectivity index (χ0) is 17.2. The van der Waals surface area contributed by atoms with Crippen molar-refractivity contribution in [2.45, 2.75) is 18.8 Å². The molecule has 1 fully saturated rings. The number of piperidine rings is 1. The zero-order valence-electron chi connectivity index (χ0n) is 13.7. The van der Waals surface area contributed by atoms with Crippen LogP contribution >= 0.6 is 11.6 Å². The number of nitrogens with one attached hydrogen (secondary N) is 1. The first-order valence-corrected chi connectivity index (χ1v) is 8.87. The Morgan fingerprint density at radius 3 is 2.60 bits per heavy atom. The Morgan fingerprint density at radius 1 is 1.08 bits per heavy atom. The van der Waals surface area contributed by atoms with E-state index in [2.05, 4.69) is 11.1 Å². The van der Waals surface area contributed by atoms with Crippen molar-refractivity contribution in [3.8, 4) is 5.75 Å². The fourth-order valence-electron chi connectivity index (χ4n) is 3.37. The third-order valence-corrected chi connectivity index (χ3v) is 4.98. The molecule has 2 aromatic carbocycles. The SMILES string of the molecule is O=C(Oc1ccccc1)N1CCC(c2cc3cc(Cl)ccc3[nH]2)CC1. The Bertz CT molecular complexity index is 883. The van der Waals surface area contributed by atoms with E-state index in [1.807, 2.05) is 36.4 Å². The van der Waals surface area contributed by atoms with Gasteiger partial charge in [0.2, 0.25) is 0 Å². The van der Waals surface area contributed by atoms with E-state index in [0.717, 1.165) is 28.8 Å². The minimum absolute atomic E-state index is 0.270. The van der Waals surface area contributed by atoms with Crippen molar-refractivity contribution in [1.29, 1.82) is 0 Å². The van der Waals surface area contributed by atoms with Gasteiger partial charge in [-0.1, -0.05) is 29.8 Å². The summed E-state index contributed by atoms with van der Waals surface area (Å²) in [5.41, 5.74) is 2.32. The summed E-state index contributed by atoms with van der Waals surface area (Å²) in [6.45, 7) is 1.40. The molecule has 4 nitrogen and oxygen atoms in total. The lowest BCUT2D eigenvalue weighted by molar-refractivity contribution is 0.138. The van der Waals surface area contributed by atoms with E-state index in [4.69, 9.17) is 16.3 Å². The second kappa shape index (κ2) is 6.81. The first-order valence-electron chi connectivity index (χ1n) is 8.49. The monoisotopic (exact) mass is 354 g/mol. The predicted molar refractivity (Wildman–Crippen MR) is 99.3 cm³/mol. The molecular weight excluding hydrogens is 336 g/mol. The number of benzene rings is 2. The standard InChI is InChI=1S/C20H19ClN2O2/c21-16-6-7-18-15(12-16)13-19(22-18)14-8-10-23(11-9-14)20(24)25-17-4-2-1-3-5-17/h1-7,12-14,22H,8-11H2. The van der Waals surface area contributed by atoms with E-state index in [1.165, 1.54) is 5.69 Å². The number of fused-ring (bicyclic) bond motifs is 1. The molecule has 2 heterocycles. The van der Waals surface area contributed by atoms with E-state index in [0.29, 0.717) is 24.8 Å². The molecule has 1 saturated heterocycles. The molecule has 0 saturated carbocycles. The quantitative estimate of drug-likeness (QED) is 0.687. The molecule has 25 heavy (non-hydrogen) atoms. The van der Waals surface area contributed by atoms with Crippen LogP contribution in [0.25, 0.3) is 10.9 Å². The maximum atomic E-state index is 12.3. The van der Waals surface area contributed by atoms with Crippen LogP contribution in [-0.4, -0.2) is 29.1 Å². The maximum Gasteiger partial charge on any atom is 0.415 e. The fourth-order valence-corrected chi connectivity index (χ4v) is 3.55. The normalized spacial score (nSPS) is 15.5. The van der Waals surface area contributed by atoms with Crippen molar-refractivity contribution in [2.75, 3.05) is 13.1 Å². The van der Waals surface area contributed by atoms with Gasteiger partial charge in [0.15, 0.2) is 0 Å². The number of likely N-dealkylation sites (tertiary alicyclic amines) is 1. The number of carbonyl (C=O) groups excluding carboxylic acids is 1. The molecule has 3 aromatic rings. The number of hydrogen-bond acceptors (Lipinski definition) is 2. The highest BCUT2D eigenvalue weighted by Crippen LogP contribution is 2.31. The third-order valence-electron chi connectivity index (χ3n) is 4.74. The fraction of sp³-hybridized carbons (Fsp3) is 0.250. The van der Waals surface area contributed by atoms with Gasteiger partial charge in [0.05, 0.1) is 0 Å². The highest BCUT2D eigenvalue weighted by molar-refractivity contribution is 6.31. The van der Waals surface area contributed by atoms with Gasteiger partial charge >= 0.3 is 6.09 Å². The van der Waals surface area contributed by atoms with E-state index in [1.54, 1.807) is 17.0 Å². The van der Waals surface area contributed by atoms with Crippen LogP contribution in [-0.2, 0) is 0 Å². The van der Waals surface area contributed by atoms with Crippen LogP contribution in [0.2, 0.25) is 5.02 Å². The molecule has 1 aliphatic heterocycles. The Kier molecular flexibility index (Phi) is 4.36. The number of ether oxygens (including phenoxy) is 1. The van der Waals surface area contributed by atoms with Crippen molar-refractivity contribution in [3.63, 3.8) is 0 Å². The Balaban J connectivity index is 1.39. The van der Waals surface area contributed by atoms with Gasteiger partial charge in [0.1, 0.15) is 5.75 Å². The molecule has 5 heteroatoms. The summed E-state index contributed by atoms with van der Waals surface area (Å²) in [5, 5.41) is 1.88. The lowest BCUT2D eigenvalue weighted by atomic mass is 9.94. The van der Waals surface area contributed by atoms with Gasteiger partial charge < -0.3 is 14.6 Å². The van der Waals surface area contributed by atoms with E-state index in [9.17, 15) is 4.79 Å². The van der Waals surface area contributed by atoms with Crippen molar-refractivity contribution < 1.29 is 9.53 Å². The minimum Gasteiger partial charge on any atom is -0.410 e. The summed E-state index contributed by atoms with van der Waals surface area (Å²) in [6, 6.07) is 17.2. The molecule has 0 atom stereocenters. The first-order chi connectivity index (χ1) is 12.2. The minimum atomic E-state index is -0.270. The van der Waals surface area contributed by atoms with Gasteiger partial charge in [0.25, 0.3) is 0 Å². The number of rotatable bonds is 2. The summed E-state index contributed by atoms with van der Waals surface area (Å²) < 4.78 is 5.42. The Morgan fingerprint density at radius 2 is 1.84 bits per heavy atom. The average molecular weight is 355 g/mol. The van der Waals surface area contributed by atoms with E-state index < -0.39 is 0 Å². The Labute approximate surface area is 151 Å². The number of aromatic amines is 1. The molecule has 0 spiro atoms. The molecular formula is C20H19ClN2O2. The maximum absolute atomic E-state index is 12.3. The first kappa shape index (κ1) is 16.0. The van der Waals surface area contributed by atoms with Crippen molar-refractivity contribution >= 4 is 28.6 Å². The second-order valence-corrected chi connectivity index (χ2v) is 6.84. The molecule has 1 aliphatic rings. The van der Waals surface area contributed by atoms with Crippen molar-refractivity contribution in [3.05, 3.63) is 65.3 Å². The molecule has 1 amide bonds. The topological polar surface area (TPSA) is 45.3 Å². The predicted octanol–water partition coefficient (Wildman–Crippen LogP) is 5.20. The van der Waals surface area contributed by atoms with Gasteiger partial charge in [-0.15, -0.1) is 0 Å². The van der Waals surface area contributed by atoms with Gasteiger partial charge in [-0.3, -0.25) is 0 Å². The summed E-state index contributed by atoms with van der Waals surface area (Å²) in [5.74, 6) is 1.01. The molecule has 128 valence electrons. The number of H-pyrrole nitrogens is 1. The summed E-state index contributed by atoms with van der Waals surface area (Å²) in [4.78, 5) is 17.5. The molecule has 4 rings (SSSR count). The molecule has 0 aliphatic carbocycles. The Hall–Kier alpha value is -2.46. The summed E-state index contributed by atoms with van der Waals surface area (Å²) in [6.07, 6.45) is 1.57. The lowest BCUT2D eigenvalue weighted by Crippen LogP contribution is -2.39. The average Bonchev–Trinajstić information content (AvgIpc) is 3.06. The van der Waals surface area contributed by atoms with Crippen LogP contribution in [0.15, 0.2) is 54.6 Å². The third kappa shape index (κ3) is 3.49. The van der Waals surface area contributed by atoms with Crippen LogP contribution in [0.3, 0.4) is 0 Å². The van der Waals surface area contributed by atoms with Crippen LogP contribution < -0.4 is 4.74 Å². The zero-order valence-corrected chi connectivity index (χ0v) is 14.5. The molecule has 0 bridgehead atoms. The number of hydrogen-bond donors (Lipinski definition) is 1. The van der Waals surface area contributed by atoms with Crippen LogP contribution in [0.1, 0.15) is 24.5 Å². The van der Waals surface area contributed by atoms with Gasteiger partial charge in [-0.25, -0.2) is 4.79 Å². The van der Waals surface area contributed by atoms with Gasteiger partial charge in [0, 0.05) is 40.6 Å². The van der Waals surface area contributed by atoms with E-state index >= 15 is 0 Å². The second-order valence-electron chi connectivity index (χ2n) is 6.40. The number of amides is 1. The lowest BCUT2D eigenvalue weighted by Gasteiger charge is -2.30. The molecule has 0 radical (unpaired) electrons. The number of para-hydroxylation sites is 1. The number of carbonyl (C=O) groups is 1. The van der Waals surface area contributed by atoms with Crippen molar-refractivity contribution in [2.24, 2.45) is 0 Å².